The van der Waals surface area contributed by atoms with Gasteiger partial charge in [0.1, 0.15) is 0 Å². The summed E-state index contributed by atoms with van der Waals surface area (Å²) in [6.45, 7) is 15.3. The molecule has 4 nitrogen and oxygen atoms in total. The van der Waals surface area contributed by atoms with E-state index in [1.807, 2.05) is 21.0 Å². The number of allylic oxidation sites excluding steroid dienone is 2. The Balaban J connectivity index is 3.27. The number of rotatable bonds is 8. The number of carboxylic acid groups (broad SMARTS) is 1. The highest BCUT2D eigenvalue weighted by Gasteiger charge is 2.40. The molecule has 0 spiro atoms. The van der Waals surface area contributed by atoms with E-state index >= 15 is 0 Å². The van der Waals surface area contributed by atoms with E-state index in [1.54, 1.807) is 6.08 Å². The van der Waals surface area contributed by atoms with Gasteiger partial charge in [-0.05, 0) is 42.8 Å². The lowest BCUT2D eigenvalue weighted by molar-refractivity contribution is -0.131. The predicted octanol–water partition coefficient (Wildman–Crippen LogP) is 6.04. The Morgan fingerprint density at radius 3 is 2.11 bits per heavy atom. The first kappa shape index (κ1) is 24.2. The Bertz CT molecular complexity index is 712. The van der Waals surface area contributed by atoms with Crippen molar-refractivity contribution in [3.8, 4) is 0 Å². The number of nitrogens with zero attached hydrogens (tertiary/aromatic N) is 1. The quantitative estimate of drug-likeness (QED) is 0.327. The number of anilines is 1. The Morgan fingerprint density at radius 1 is 1.14 bits per heavy atom. The number of benzene rings is 1. The minimum absolute atomic E-state index is 0.0784. The summed E-state index contributed by atoms with van der Waals surface area (Å²) in [6.07, 6.45) is 4.83. The molecule has 0 radical (unpaired) electrons. The van der Waals surface area contributed by atoms with Crippen LogP contribution in [0.2, 0.25) is 18.1 Å². The monoisotopic (exact) mass is 403 g/mol. The van der Waals surface area contributed by atoms with Gasteiger partial charge in [-0.3, -0.25) is 0 Å². The number of carboxylic acids is 1. The van der Waals surface area contributed by atoms with Crippen LogP contribution >= 0.6 is 0 Å². The van der Waals surface area contributed by atoms with E-state index in [-0.39, 0.29) is 17.1 Å². The van der Waals surface area contributed by atoms with Crippen LogP contribution < -0.4 is 4.90 Å². The molecule has 1 aromatic rings. The molecule has 1 N–H and O–H groups in total. The van der Waals surface area contributed by atoms with Crippen molar-refractivity contribution in [3.05, 3.63) is 53.6 Å². The highest BCUT2D eigenvalue weighted by molar-refractivity contribution is 6.74. The molecule has 0 saturated carbocycles. The first-order valence-corrected chi connectivity index (χ1v) is 12.7. The second-order valence-electron chi connectivity index (χ2n) is 9.23. The van der Waals surface area contributed by atoms with E-state index in [0.717, 1.165) is 16.8 Å². The topological polar surface area (TPSA) is 49.8 Å². The Hall–Kier alpha value is -1.85. The van der Waals surface area contributed by atoms with E-state index in [4.69, 9.17) is 9.53 Å². The summed E-state index contributed by atoms with van der Waals surface area (Å²) in [5, 5.41) is 8.97. The molecule has 0 fully saturated rings. The van der Waals surface area contributed by atoms with Crippen LogP contribution in [0.15, 0.2) is 48.1 Å². The third-order valence-electron chi connectivity index (χ3n) is 5.46. The highest BCUT2D eigenvalue weighted by atomic mass is 28.4. The van der Waals surface area contributed by atoms with Gasteiger partial charge in [0.05, 0.1) is 6.10 Å². The van der Waals surface area contributed by atoms with E-state index in [0.29, 0.717) is 0 Å². The summed E-state index contributed by atoms with van der Waals surface area (Å²) in [5.41, 5.74) is 3.22. The van der Waals surface area contributed by atoms with E-state index in [2.05, 4.69) is 76.0 Å². The Kier molecular flexibility index (Phi) is 8.26. The summed E-state index contributed by atoms with van der Waals surface area (Å²) < 4.78 is 6.82. The van der Waals surface area contributed by atoms with Gasteiger partial charge in [0.25, 0.3) is 0 Å². The van der Waals surface area contributed by atoms with Gasteiger partial charge in [0, 0.05) is 31.8 Å². The van der Waals surface area contributed by atoms with Crippen LogP contribution in [0.25, 0.3) is 0 Å². The molecule has 1 aromatic carbocycles. The van der Waals surface area contributed by atoms with Crippen molar-refractivity contribution in [2.45, 2.75) is 58.9 Å². The lowest BCUT2D eigenvalue weighted by Gasteiger charge is -2.41. The molecular weight excluding hydrogens is 366 g/mol. The predicted molar refractivity (Wildman–Crippen MR) is 121 cm³/mol. The van der Waals surface area contributed by atoms with Gasteiger partial charge in [-0.1, -0.05) is 57.6 Å². The van der Waals surface area contributed by atoms with Gasteiger partial charge in [-0.15, -0.1) is 0 Å². The Morgan fingerprint density at radius 2 is 1.68 bits per heavy atom. The molecular formula is C23H37NO3Si. The van der Waals surface area contributed by atoms with E-state index in [9.17, 15) is 4.79 Å². The van der Waals surface area contributed by atoms with Crippen molar-refractivity contribution in [1.29, 1.82) is 0 Å². The molecule has 0 bridgehead atoms. The lowest BCUT2D eigenvalue weighted by Crippen LogP contribution is -2.42. The summed E-state index contributed by atoms with van der Waals surface area (Å²) in [5.74, 6) is -0.827. The van der Waals surface area contributed by atoms with Crippen LogP contribution in [0.4, 0.5) is 5.69 Å². The number of hydrogen-bond donors (Lipinski definition) is 1. The average Bonchev–Trinajstić information content (AvgIpc) is 2.57. The zero-order valence-corrected chi connectivity index (χ0v) is 19.9. The largest absolute Gasteiger partial charge is 0.478 e. The highest BCUT2D eigenvalue weighted by Crippen LogP contribution is 2.42. The fraction of sp³-hybridized carbons (Fsp3) is 0.522. The maximum Gasteiger partial charge on any atom is 0.328 e. The number of hydrogen-bond acceptors (Lipinski definition) is 3. The van der Waals surface area contributed by atoms with E-state index in [1.165, 1.54) is 6.08 Å². The van der Waals surface area contributed by atoms with Gasteiger partial charge in [0.15, 0.2) is 8.32 Å². The molecule has 5 heteroatoms. The molecule has 0 unspecified atom stereocenters. The van der Waals surface area contributed by atoms with Crippen molar-refractivity contribution < 1.29 is 14.3 Å². The fourth-order valence-electron chi connectivity index (χ4n) is 2.70. The van der Waals surface area contributed by atoms with Crippen LogP contribution in [-0.2, 0) is 9.22 Å². The summed E-state index contributed by atoms with van der Waals surface area (Å²) >= 11 is 0. The fourth-order valence-corrected chi connectivity index (χ4v) is 4.03. The maximum atomic E-state index is 10.8. The van der Waals surface area contributed by atoms with Gasteiger partial charge in [-0.25, -0.2) is 4.79 Å². The van der Waals surface area contributed by atoms with Crippen molar-refractivity contribution in [3.63, 3.8) is 0 Å². The minimum atomic E-state index is -1.99. The van der Waals surface area contributed by atoms with Crippen molar-refractivity contribution >= 4 is 20.0 Å². The second kappa shape index (κ2) is 9.57. The third-order valence-corrected chi connectivity index (χ3v) is 9.91. The molecule has 156 valence electrons. The molecule has 0 aromatic heterocycles. The van der Waals surface area contributed by atoms with Gasteiger partial charge in [-0.2, -0.15) is 0 Å². The maximum absolute atomic E-state index is 10.8. The normalized spacial score (nSPS) is 15.5. The number of carbonyl (C=O) groups is 1. The van der Waals surface area contributed by atoms with Gasteiger partial charge < -0.3 is 14.4 Å². The SMILES string of the molecule is CC(/C=C/C(=O)O)=C\[C@@H](C)[C@@H](O[Si](C)(C)C(C)(C)C)c1ccc(N(C)C)cc1. The molecule has 0 aliphatic heterocycles. The molecule has 0 aliphatic rings. The third kappa shape index (κ3) is 6.95. The van der Waals surface area contributed by atoms with Gasteiger partial charge in [0.2, 0.25) is 0 Å². The molecule has 0 amide bonds. The lowest BCUT2D eigenvalue weighted by atomic mass is 9.95. The standard InChI is InChI=1S/C23H37NO3Si/c1-17(10-15-21(25)26)16-18(2)22(27-28(8,9)23(3,4)5)19-11-13-20(14-12-19)24(6)7/h10-16,18,22H,1-9H3,(H,25,26)/b15-10+,17-16+/t18-,22-/m1/s1. The smallest absolute Gasteiger partial charge is 0.328 e. The molecule has 0 aliphatic carbocycles. The average molecular weight is 404 g/mol. The first-order valence-electron chi connectivity index (χ1n) is 9.79. The molecule has 0 saturated heterocycles. The first-order chi connectivity index (χ1) is 12.7. The van der Waals surface area contributed by atoms with Crippen LogP contribution in [0.3, 0.4) is 0 Å². The number of aliphatic carboxylic acids is 1. The summed E-state index contributed by atoms with van der Waals surface area (Å²) in [6, 6.07) is 8.51. The minimum Gasteiger partial charge on any atom is -0.478 e. The Labute approximate surface area is 172 Å². The van der Waals surface area contributed by atoms with Crippen molar-refractivity contribution in [2.75, 3.05) is 19.0 Å². The zero-order chi connectivity index (χ0) is 21.7. The summed E-state index contributed by atoms with van der Waals surface area (Å²) in [7, 11) is 2.07. The van der Waals surface area contributed by atoms with Gasteiger partial charge >= 0.3 is 5.97 Å². The van der Waals surface area contributed by atoms with E-state index < -0.39 is 14.3 Å². The van der Waals surface area contributed by atoms with Crippen LogP contribution in [-0.4, -0.2) is 33.5 Å². The molecule has 2 atom stereocenters. The van der Waals surface area contributed by atoms with Crippen molar-refractivity contribution in [2.24, 2.45) is 5.92 Å². The molecule has 1 rings (SSSR count). The van der Waals surface area contributed by atoms with Crippen LogP contribution in [0.1, 0.15) is 46.3 Å². The molecule has 28 heavy (non-hydrogen) atoms. The summed E-state index contributed by atoms with van der Waals surface area (Å²) in [4.78, 5) is 12.9. The second-order valence-corrected chi connectivity index (χ2v) is 14.0. The zero-order valence-electron chi connectivity index (χ0n) is 18.9. The van der Waals surface area contributed by atoms with Crippen LogP contribution in [0.5, 0.6) is 0 Å². The van der Waals surface area contributed by atoms with Crippen LogP contribution in [0, 0.1) is 5.92 Å². The molecule has 0 heterocycles. The van der Waals surface area contributed by atoms with Crippen molar-refractivity contribution in [1.82, 2.24) is 0 Å².